The minimum absolute atomic E-state index is 0.323. The van der Waals surface area contributed by atoms with Crippen LogP contribution in [0.2, 0.25) is 10.0 Å². The van der Waals surface area contributed by atoms with E-state index >= 15 is 0 Å². The van der Waals surface area contributed by atoms with Gasteiger partial charge in [-0.15, -0.1) is 0 Å². The van der Waals surface area contributed by atoms with Gasteiger partial charge in [-0.05, 0) is 30.4 Å². The molecule has 1 saturated carbocycles. The number of anilines is 1. The number of halogens is 2. The molecule has 1 unspecified atom stereocenters. The summed E-state index contributed by atoms with van der Waals surface area (Å²) in [4.78, 5) is 0. The van der Waals surface area contributed by atoms with Crippen molar-refractivity contribution >= 4 is 28.9 Å². The van der Waals surface area contributed by atoms with Gasteiger partial charge in [0, 0.05) is 6.04 Å². The van der Waals surface area contributed by atoms with Crippen LogP contribution in [0.4, 0.5) is 5.69 Å². The van der Waals surface area contributed by atoms with Crippen molar-refractivity contribution in [2.45, 2.75) is 45.6 Å². The van der Waals surface area contributed by atoms with E-state index in [1.165, 1.54) is 25.7 Å². The second-order valence-corrected chi connectivity index (χ2v) is 6.32. The second-order valence-electron chi connectivity index (χ2n) is 5.53. The van der Waals surface area contributed by atoms with E-state index < -0.39 is 0 Å². The maximum Gasteiger partial charge on any atom is 0.0823 e. The minimum Gasteiger partial charge on any atom is -0.381 e. The van der Waals surface area contributed by atoms with Crippen LogP contribution in [0, 0.1) is 5.41 Å². The predicted octanol–water partition coefficient (Wildman–Crippen LogP) is 5.37. The van der Waals surface area contributed by atoms with E-state index in [9.17, 15) is 0 Å². The van der Waals surface area contributed by atoms with Crippen molar-refractivity contribution < 1.29 is 0 Å². The molecule has 0 amide bonds. The van der Waals surface area contributed by atoms with Gasteiger partial charge in [0.1, 0.15) is 0 Å². The third kappa shape index (κ3) is 2.89. The first kappa shape index (κ1) is 13.0. The summed E-state index contributed by atoms with van der Waals surface area (Å²) in [5.74, 6) is 0. The van der Waals surface area contributed by atoms with Gasteiger partial charge in [-0.25, -0.2) is 0 Å². The molecule has 1 aliphatic carbocycles. The number of rotatable bonds is 2. The molecule has 0 heterocycles. The molecule has 0 aromatic heterocycles. The summed E-state index contributed by atoms with van der Waals surface area (Å²) < 4.78 is 0. The Morgan fingerprint density at radius 2 is 2.00 bits per heavy atom. The van der Waals surface area contributed by atoms with Gasteiger partial charge in [-0.2, -0.15) is 0 Å². The summed E-state index contributed by atoms with van der Waals surface area (Å²) in [6.07, 6.45) is 5.09. The average Bonchev–Trinajstić information content (AvgIpc) is 2.27. The highest BCUT2D eigenvalue weighted by Crippen LogP contribution is 2.39. The van der Waals surface area contributed by atoms with Gasteiger partial charge in [0.2, 0.25) is 0 Å². The Morgan fingerprint density at radius 3 is 2.71 bits per heavy atom. The molecular weight excluding hydrogens is 253 g/mol. The third-order valence-corrected chi connectivity index (χ3v) is 4.61. The SMILES string of the molecule is CC1(C)CCCCC1Nc1cccc(Cl)c1Cl. The summed E-state index contributed by atoms with van der Waals surface area (Å²) in [7, 11) is 0. The lowest BCUT2D eigenvalue weighted by molar-refractivity contribution is 0.217. The zero-order valence-electron chi connectivity index (χ0n) is 10.4. The van der Waals surface area contributed by atoms with Gasteiger partial charge < -0.3 is 5.32 Å². The first-order valence-corrected chi connectivity index (χ1v) is 6.97. The summed E-state index contributed by atoms with van der Waals surface area (Å²) >= 11 is 12.2. The fourth-order valence-electron chi connectivity index (χ4n) is 2.56. The normalized spacial score (nSPS) is 23.4. The molecule has 0 radical (unpaired) electrons. The summed E-state index contributed by atoms with van der Waals surface area (Å²) in [6.45, 7) is 4.64. The molecule has 1 N–H and O–H groups in total. The molecule has 1 fully saturated rings. The highest BCUT2D eigenvalue weighted by atomic mass is 35.5. The van der Waals surface area contributed by atoms with E-state index in [0.29, 0.717) is 21.5 Å². The third-order valence-electron chi connectivity index (χ3n) is 3.79. The fourth-order valence-corrected chi connectivity index (χ4v) is 2.92. The Labute approximate surface area is 114 Å². The second kappa shape index (κ2) is 5.07. The number of benzene rings is 1. The first-order valence-electron chi connectivity index (χ1n) is 6.21. The molecule has 0 saturated heterocycles. The van der Waals surface area contributed by atoms with Gasteiger partial charge in [-0.1, -0.05) is 56.0 Å². The van der Waals surface area contributed by atoms with Crippen molar-refractivity contribution in [2.75, 3.05) is 5.32 Å². The van der Waals surface area contributed by atoms with Crippen molar-refractivity contribution in [1.82, 2.24) is 0 Å². The Balaban J connectivity index is 2.17. The standard InChI is InChI=1S/C14H19Cl2N/c1-14(2)9-4-3-8-12(14)17-11-7-5-6-10(15)13(11)16/h5-7,12,17H,3-4,8-9H2,1-2H3. The summed E-state index contributed by atoms with van der Waals surface area (Å²) in [5.41, 5.74) is 1.28. The smallest absolute Gasteiger partial charge is 0.0823 e. The molecule has 2 rings (SSSR count). The molecule has 1 aliphatic rings. The van der Waals surface area contributed by atoms with Crippen molar-refractivity contribution in [3.8, 4) is 0 Å². The highest BCUT2D eigenvalue weighted by Gasteiger charge is 2.32. The molecule has 0 aliphatic heterocycles. The first-order chi connectivity index (χ1) is 8.00. The van der Waals surface area contributed by atoms with Crippen LogP contribution in [0.3, 0.4) is 0 Å². The lowest BCUT2D eigenvalue weighted by Crippen LogP contribution is -2.38. The van der Waals surface area contributed by atoms with Crippen LogP contribution in [-0.2, 0) is 0 Å². The van der Waals surface area contributed by atoms with Crippen molar-refractivity contribution in [1.29, 1.82) is 0 Å². The summed E-state index contributed by atoms with van der Waals surface area (Å²) in [5, 5.41) is 4.81. The highest BCUT2D eigenvalue weighted by molar-refractivity contribution is 6.43. The lowest BCUT2D eigenvalue weighted by Gasteiger charge is -2.39. The molecule has 0 spiro atoms. The Kier molecular flexibility index (Phi) is 3.89. The van der Waals surface area contributed by atoms with Gasteiger partial charge in [0.05, 0.1) is 15.7 Å². The maximum absolute atomic E-state index is 6.21. The molecule has 1 atom stereocenters. The number of hydrogen-bond donors (Lipinski definition) is 1. The van der Waals surface area contributed by atoms with E-state index in [2.05, 4.69) is 19.2 Å². The average molecular weight is 272 g/mol. The fraction of sp³-hybridized carbons (Fsp3) is 0.571. The molecule has 1 nitrogen and oxygen atoms in total. The van der Waals surface area contributed by atoms with Crippen LogP contribution in [0.15, 0.2) is 18.2 Å². The molecule has 1 aromatic carbocycles. The zero-order chi connectivity index (χ0) is 12.5. The van der Waals surface area contributed by atoms with Crippen LogP contribution in [-0.4, -0.2) is 6.04 Å². The van der Waals surface area contributed by atoms with Crippen LogP contribution in [0.1, 0.15) is 39.5 Å². The Hall–Kier alpha value is -0.400. The molecule has 1 aromatic rings. The van der Waals surface area contributed by atoms with Crippen LogP contribution >= 0.6 is 23.2 Å². The van der Waals surface area contributed by atoms with Crippen molar-refractivity contribution in [3.63, 3.8) is 0 Å². The van der Waals surface area contributed by atoms with Crippen LogP contribution in [0.25, 0.3) is 0 Å². The molecular formula is C14H19Cl2N. The summed E-state index contributed by atoms with van der Waals surface area (Å²) in [6, 6.07) is 6.24. The number of nitrogens with one attached hydrogen (secondary N) is 1. The minimum atomic E-state index is 0.323. The van der Waals surface area contributed by atoms with Gasteiger partial charge in [-0.3, -0.25) is 0 Å². The van der Waals surface area contributed by atoms with Crippen LogP contribution in [0.5, 0.6) is 0 Å². The quantitative estimate of drug-likeness (QED) is 0.762. The monoisotopic (exact) mass is 271 g/mol. The Bertz CT molecular complexity index is 401. The lowest BCUT2D eigenvalue weighted by atomic mass is 9.73. The predicted molar refractivity (Wildman–Crippen MR) is 76.1 cm³/mol. The van der Waals surface area contributed by atoms with Crippen LogP contribution < -0.4 is 5.32 Å². The maximum atomic E-state index is 6.21. The van der Waals surface area contributed by atoms with E-state index in [-0.39, 0.29) is 0 Å². The largest absolute Gasteiger partial charge is 0.381 e. The van der Waals surface area contributed by atoms with Gasteiger partial charge in [0.15, 0.2) is 0 Å². The molecule has 94 valence electrons. The van der Waals surface area contributed by atoms with Crippen molar-refractivity contribution in [2.24, 2.45) is 5.41 Å². The van der Waals surface area contributed by atoms with E-state index in [0.717, 1.165) is 5.69 Å². The zero-order valence-corrected chi connectivity index (χ0v) is 11.9. The topological polar surface area (TPSA) is 12.0 Å². The van der Waals surface area contributed by atoms with E-state index in [1.807, 2.05) is 18.2 Å². The van der Waals surface area contributed by atoms with Gasteiger partial charge >= 0.3 is 0 Å². The van der Waals surface area contributed by atoms with E-state index in [4.69, 9.17) is 23.2 Å². The van der Waals surface area contributed by atoms with Crippen molar-refractivity contribution in [3.05, 3.63) is 28.2 Å². The molecule has 17 heavy (non-hydrogen) atoms. The Morgan fingerprint density at radius 1 is 1.24 bits per heavy atom. The van der Waals surface area contributed by atoms with E-state index in [1.54, 1.807) is 0 Å². The molecule has 0 bridgehead atoms. The number of hydrogen-bond acceptors (Lipinski definition) is 1. The molecule has 3 heteroatoms. The van der Waals surface area contributed by atoms with Gasteiger partial charge in [0.25, 0.3) is 0 Å².